The molecule has 0 saturated heterocycles. The number of halogens is 2. The van der Waals surface area contributed by atoms with Crippen LogP contribution in [0, 0.1) is 11.7 Å². The number of amides is 2. The molecule has 0 radical (unpaired) electrons. The summed E-state index contributed by atoms with van der Waals surface area (Å²) in [5.41, 5.74) is 4.56. The van der Waals surface area contributed by atoms with Crippen molar-refractivity contribution in [1.29, 1.82) is 0 Å². The minimum absolute atomic E-state index is 0.179. The molecule has 0 aromatic heterocycles. The van der Waals surface area contributed by atoms with Gasteiger partial charge in [-0.15, -0.1) is 0 Å². The van der Waals surface area contributed by atoms with Gasteiger partial charge < -0.3 is 10.1 Å². The molecular weight excluding hydrogens is 501 g/mol. The summed E-state index contributed by atoms with van der Waals surface area (Å²) in [4.78, 5) is 25.0. The molecule has 176 valence electrons. The van der Waals surface area contributed by atoms with Crippen LogP contribution in [0.2, 0.25) is 0 Å². The number of hydrazone groups is 1. The molecule has 8 heteroatoms. The standard InChI is InChI=1S/C26H25BrFN3O3/c1-17(2)24(30-25(32)20-7-11-22(28)12-8-20)26(33)31-29-15-18-5-13-23(14-6-18)34-16-19-3-9-21(27)10-4-19/h3-15,17,24H,16H2,1-2H3,(H,30,32)(H,31,33). The Kier molecular flexibility index (Phi) is 8.93. The third kappa shape index (κ3) is 7.52. The Morgan fingerprint density at radius 1 is 1.00 bits per heavy atom. The Morgan fingerprint density at radius 2 is 1.65 bits per heavy atom. The number of hydrogen-bond donors (Lipinski definition) is 2. The lowest BCUT2D eigenvalue weighted by atomic mass is 10.0. The maximum absolute atomic E-state index is 13.1. The second-order valence-corrected chi connectivity index (χ2v) is 8.84. The largest absolute Gasteiger partial charge is 0.489 e. The molecule has 0 saturated carbocycles. The number of ether oxygens (including phenoxy) is 1. The minimum atomic E-state index is -0.802. The Labute approximate surface area is 206 Å². The van der Waals surface area contributed by atoms with Gasteiger partial charge in [-0.25, -0.2) is 9.82 Å². The van der Waals surface area contributed by atoms with Crippen LogP contribution in [0.25, 0.3) is 0 Å². The Hall–Kier alpha value is -3.52. The van der Waals surface area contributed by atoms with Gasteiger partial charge in [-0.05, 0) is 77.7 Å². The molecule has 2 N–H and O–H groups in total. The van der Waals surface area contributed by atoms with Crippen LogP contribution in [-0.4, -0.2) is 24.1 Å². The first-order chi connectivity index (χ1) is 16.3. The van der Waals surface area contributed by atoms with Gasteiger partial charge in [-0.3, -0.25) is 9.59 Å². The van der Waals surface area contributed by atoms with Crippen molar-refractivity contribution < 1.29 is 18.7 Å². The van der Waals surface area contributed by atoms with E-state index in [1.54, 1.807) is 0 Å². The summed E-state index contributed by atoms with van der Waals surface area (Å²) < 4.78 is 19.9. The van der Waals surface area contributed by atoms with E-state index in [1.807, 2.05) is 62.4 Å². The highest BCUT2D eigenvalue weighted by molar-refractivity contribution is 9.10. The number of nitrogens with zero attached hydrogens (tertiary/aromatic N) is 1. The second-order valence-electron chi connectivity index (χ2n) is 7.92. The number of carbonyl (C=O) groups excluding carboxylic acids is 2. The molecule has 1 unspecified atom stereocenters. The molecule has 2 amide bonds. The van der Waals surface area contributed by atoms with Gasteiger partial charge in [-0.1, -0.05) is 41.9 Å². The van der Waals surface area contributed by atoms with Gasteiger partial charge in [0.25, 0.3) is 11.8 Å². The molecule has 0 heterocycles. The van der Waals surface area contributed by atoms with Gasteiger partial charge in [0.15, 0.2) is 0 Å². The molecule has 1 atom stereocenters. The molecule has 3 aromatic rings. The maximum Gasteiger partial charge on any atom is 0.262 e. The number of carbonyl (C=O) groups is 2. The summed E-state index contributed by atoms with van der Waals surface area (Å²) in [5, 5.41) is 6.67. The molecule has 34 heavy (non-hydrogen) atoms. The van der Waals surface area contributed by atoms with Gasteiger partial charge in [0.05, 0.1) is 6.21 Å². The second kappa shape index (κ2) is 12.1. The predicted molar refractivity (Wildman–Crippen MR) is 133 cm³/mol. The first kappa shape index (κ1) is 25.1. The van der Waals surface area contributed by atoms with Crippen molar-refractivity contribution in [2.75, 3.05) is 0 Å². The first-order valence-corrected chi connectivity index (χ1v) is 11.5. The van der Waals surface area contributed by atoms with Crippen molar-refractivity contribution in [3.8, 4) is 5.75 Å². The fourth-order valence-electron chi connectivity index (χ4n) is 3.00. The molecule has 6 nitrogen and oxygen atoms in total. The molecule has 0 fully saturated rings. The fraction of sp³-hybridized carbons (Fsp3) is 0.192. The van der Waals surface area contributed by atoms with Crippen LogP contribution in [0.5, 0.6) is 5.75 Å². The average molecular weight is 526 g/mol. The molecule has 3 aromatic carbocycles. The SMILES string of the molecule is CC(C)C(NC(=O)c1ccc(F)cc1)C(=O)NN=Cc1ccc(OCc2ccc(Br)cc2)cc1. The fourth-order valence-corrected chi connectivity index (χ4v) is 3.26. The molecule has 0 aliphatic rings. The number of nitrogens with one attached hydrogen (secondary N) is 2. The zero-order chi connectivity index (χ0) is 24.5. The minimum Gasteiger partial charge on any atom is -0.489 e. The Morgan fingerprint density at radius 3 is 2.26 bits per heavy atom. The third-order valence-corrected chi connectivity index (χ3v) is 5.46. The van der Waals surface area contributed by atoms with Crippen molar-refractivity contribution in [2.45, 2.75) is 26.5 Å². The number of rotatable bonds is 9. The average Bonchev–Trinajstić information content (AvgIpc) is 2.83. The van der Waals surface area contributed by atoms with Gasteiger partial charge >= 0.3 is 0 Å². The zero-order valence-electron chi connectivity index (χ0n) is 18.8. The summed E-state index contributed by atoms with van der Waals surface area (Å²) in [6.07, 6.45) is 1.51. The van der Waals surface area contributed by atoms with Gasteiger partial charge in [0, 0.05) is 10.0 Å². The molecule has 0 spiro atoms. The van der Waals surface area contributed by atoms with Crippen molar-refractivity contribution in [1.82, 2.24) is 10.7 Å². The first-order valence-electron chi connectivity index (χ1n) is 10.7. The lowest BCUT2D eigenvalue weighted by Crippen LogP contribution is -2.48. The van der Waals surface area contributed by atoms with E-state index in [-0.39, 0.29) is 11.5 Å². The van der Waals surface area contributed by atoms with Gasteiger partial charge in [-0.2, -0.15) is 5.10 Å². The van der Waals surface area contributed by atoms with Crippen LogP contribution in [-0.2, 0) is 11.4 Å². The smallest absolute Gasteiger partial charge is 0.262 e. The van der Waals surface area contributed by atoms with Crippen LogP contribution in [0.1, 0.15) is 35.3 Å². The van der Waals surface area contributed by atoms with Crippen LogP contribution < -0.4 is 15.5 Å². The number of hydrogen-bond acceptors (Lipinski definition) is 4. The predicted octanol–water partition coefficient (Wildman–Crippen LogP) is 5.07. The summed E-state index contributed by atoms with van der Waals surface area (Å²) in [7, 11) is 0. The monoisotopic (exact) mass is 525 g/mol. The molecule has 3 rings (SSSR count). The summed E-state index contributed by atoms with van der Waals surface area (Å²) in [5.74, 6) is -0.810. The van der Waals surface area contributed by atoms with E-state index in [0.717, 1.165) is 15.6 Å². The topological polar surface area (TPSA) is 79.8 Å². The van der Waals surface area contributed by atoms with Crippen molar-refractivity contribution in [2.24, 2.45) is 11.0 Å². The molecule has 0 aliphatic heterocycles. The lowest BCUT2D eigenvalue weighted by Gasteiger charge is -2.20. The van der Waals surface area contributed by atoms with E-state index >= 15 is 0 Å². The van der Waals surface area contributed by atoms with E-state index in [9.17, 15) is 14.0 Å². The van der Waals surface area contributed by atoms with E-state index < -0.39 is 23.7 Å². The Balaban J connectivity index is 1.52. The van der Waals surface area contributed by atoms with Crippen LogP contribution >= 0.6 is 15.9 Å². The van der Waals surface area contributed by atoms with Crippen LogP contribution in [0.15, 0.2) is 82.4 Å². The summed E-state index contributed by atoms with van der Waals surface area (Å²) in [6.45, 7) is 4.08. The highest BCUT2D eigenvalue weighted by Crippen LogP contribution is 2.15. The van der Waals surface area contributed by atoms with E-state index in [0.29, 0.717) is 12.4 Å². The maximum atomic E-state index is 13.1. The number of benzene rings is 3. The highest BCUT2D eigenvalue weighted by atomic mass is 79.9. The highest BCUT2D eigenvalue weighted by Gasteiger charge is 2.24. The van der Waals surface area contributed by atoms with Gasteiger partial charge in [0.1, 0.15) is 24.2 Å². The van der Waals surface area contributed by atoms with Gasteiger partial charge in [0.2, 0.25) is 0 Å². The third-order valence-electron chi connectivity index (χ3n) is 4.93. The molecule has 0 bridgehead atoms. The zero-order valence-corrected chi connectivity index (χ0v) is 20.4. The lowest BCUT2D eigenvalue weighted by molar-refractivity contribution is -0.123. The van der Waals surface area contributed by atoms with Crippen LogP contribution in [0.4, 0.5) is 4.39 Å². The van der Waals surface area contributed by atoms with Crippen molar-refractivity contribution >= 4 is 34.0 Å². The molecule has 0 aliphatic carbocycles. The Bertz CT molecular complexity index is 1130. The summed E-state index contributed by atoms with van der Waals surface area (Å²) in [6, 6.07) is 19.5. The van der Waals surface area contributed by atoms with Crippen LogP contribution in [0.3, 0.4) is 0 Å². The van der Waals surface area contributed by atoms with E-state index in [4.69, 9.17) is 4.74 Å². The normalized spacial score (nSPS) is 11.9. The quantitative estimate of drug-likeness (QED) is 0.302. The van der Waals surface area contributed by atoms with Crippen molar-refractivity contribution in [3.63, 3.8) is 0 Å². The van der Waals surface area contributed by atoms with E-state index in [2.05, 4.69) is 31.8 Å². The summed E-state index contributed by atoms with van der Waals surface area (Å²) >= 11 is 3.41. The van der Waals surface area contributed by atoms with Crippen molar-refractivity contribution in [3.05, 3.63) is 99.8 Å². The van der Waals surface area contributed by atoms with E-state index in [1.165, 1.54) is 30.5 Å². The molecular formula is C26H25BrFN3O3.